The molecule has 0 saturated carbocycles. The molecule has 0 spiro atoms. The van der Waals surface area contributed by atoms with Gasteiger partial charge in [-0.05, 0) is 99.5 Å². The van der Waals surface area contributed by atoms with Crippen molar-refractivity contribution >= 4 is 151 Å². The van der Waals surface area contributed by atoms with Crippen LogP contribution in [-0.2, 0) is 76.1 Å². The van der Waals surface area contributed by atoms with E-state index in [4.69, 9.17) is 0 Å². The molecule has 0 unspecified atom stereocenters. The lowest BCUT2D eigenvalue weighted by atomic mass is 9.84. The van der Waals surface area contributed by atoms with Crippen LogP contribution in [0.5, 0.6) is 0 Å². The number of hydrogen-bond acceptors (Lipinski definition) is 29. The quantitative estimate of drug-likeness (QED) is 0.0775. The molecule has 7 aromatic carbocycles. The number of carbonyl (C=O) groups is 19. The number of hydrogen-bond donors (Lipinski definition) is 0. The normalized spacial score (nSPS) is 16.8. The third-order valence-electron chi connectivity index (χ3n) is 14.1. The van der Waals surface area contributed by atoms with E-state index >= 15 is 0 Å². The fourth-order valence-electron chi connectivity index (χ4n) is 9.87. The number of ketones is 1. The summed E-state index contributed by atoms with van der Waals surface area (Å²) in [5.41, 5.74) is 2.58. The molecule has 30 heteroatoms. The maximum atomic E-state index is 12.5. The molecule has 2 saturated heterocycles. The van der Waals surface area contributed by atoms with Crippen LogP contribution in [0.4, 0.5) is 0 Å². The summed E-state index contributed by atoms with van der Waals surface area (Å²) in [5.74, 6) is -12.3. The summed E-state index contributed by atoms with van der Waals surface area (Å²) < 4.78 is 44.3. The van der Waals surface area contributed by atoms with E-state index in [1.165, 1.54) is 60.7 Å². The van der Waals surface area contributed by atoms with Crippen LogP contribution in [0, 0.1) is 5.41 Å². The Kier molecular flexibility index (Phi) is 18.4. The molecule has 0 amide bonds. The maximum absolute atomic E-state index is 12.5. The lowest BCUT2D eigenvalue weighted by molar-refractivity contribution is -0.175. The predicted octanol–water partition coefficient (Wildman–Crippen LogP) is 6.46. The van der Waals surface area contributed by atoms with E-state index in [1.807, 2.05) is 26.0 Å². The zero-order chi connectivity index (χ0) is 69.2. The Bertz CT molecular complexity index is 4540. The molecule has 7 aromatic rings. The molecule has 0 aliphatic carbocycles. The fraction of sp³-hybridized carbons (Fsp3) is 0.106. The highest BCUT2D eigenvalue weighted by molar-refractivity contribution is 9.12. The Morgan fingerprint density at radius 1 is 0.323 bits per heavy atom. The molecule has 96 heavy (non-hydrogen) atoms. The van der Waals surface area contributed by atoms with Crippen molar-refractivity contribution in [1.29, 1.82) is 0 Å². The van der Waals surface area contributed by atoms with Gasteiger partial charge in [0.05, 0.1) is 79.6 Å². The van der Waals surface area contributed by atoms with Gasteiger partial charge in [0.15, 0.2) is 5.78 Å². The summed E-state index contributed by atoms with van der Waals surface area (Å²) in [4.78, 5) is 212. The Morgan fingerprint density at radius 3 is 0.927 bits per heavy atom. The van der Waals surface area contributed by atoms with Gasteiger partial charge in [0.25, 0.3) is 0 Å². The second kappa shape index (κ2) is 26.8. The van der Waals surface area contributed by atoms with E-state index < -0.39 is 113 Å². The van der Waals surface area contributed by atoms with Gasteiger partial charge in [-0.1, -0.05) is 62.4 Å². The monoisotopic (exact) mass is 1370 g/mol. The summed E-state index contributed by atoms with van der Waals surface area (Å²) in [6.45, 7) is 3.55. The molecule has 0 aromatic heterocycles. The van der Waals surface area contributed by atoms with Crippen molar-refractivity contribution in [2.75, 3.05) is 13.2 Å². The van der Waals surface area contributed by atoms with Crippen LogP contribution in [0.15, 0.2) is 132 Å². The van der Waals surface area contributed by atoms with Gasteiger partial charge in [-0.3, -0.25) is 14.4 Å². The molecule has 0 N–H and O–H groups in total. The van der Waals surface area contributed by atoms with Crippen molar-refractivity contribution in [3.63, 3.8) is 0 Å². The van der Waals surface area contributed by atoms with Gasteiger partial charge in [-0.2, -0.15) is 0 Å². The summed E-state index contributed by atoms with van der Waals surface area (Å²) in [6.07, 6.45) is 1.78. The minimum Gasteiger partial charge on any atom is -0.393 e. The number of cyclic esters (lactones) is 18. The van der Waals surface area contributed by atoms with Gasteiger partial charge in [0.1, 0.15) is 17.7 Å². The van der Waals surface area contributed by atoms with E-state index in [1.54, 1.807) is 48.5 Å². The van der Waals surface area contributed by atoms with Crippen LogP contribution in [0.25, 0.3) is 21.5 Å². The molecular weight excluding hydrogens is 1340 g/mol. The van der Waals surface area contributed by atoms with Crippen LogP contribution in [0.1, 0.15) is 167 Å². The van der Waals surface area contributed by atoms with Crippen molar-refractivity contribution in [3.8, 4) is 0 Å². The molecule has 9 aliphatic rings. The first-order chi connectivity index (χ1) is 45.6. The standard InChI is InChI=1S/C17H6O7.C14H4O6.C12H6O3.C8H4O3.C7H10O3.C4HBrO3.C4H4O4/c18-13(7-1-3-9-11(5-7)16(21)23-14(9)19)8-2-4-10-12(6-8)17(22)24-15(10)20;15-11-5-1-2-6-10-8(14(18)20-12(6)16)4-3-7(9(5)10)13(17)19-11;13-11-8-5-1-3-7-4-2-6-9(10(7)8)12(14)15-11;9-7-5-3-1-2-4-6(5)8(10)11-7;1-7(2)3-5(8)10-6(9)4-7;5-2-1-3(6)8-4(2)7;5-3-1-7-2-4(6)8-3/h1-6H;1-4H;1-6H;1-4H;3-4H2,1-2H3;1H;1-2H2. The summed E-state index contributed by atoms with van der Waals surface area (Å²) in [6, 6.07) is 30.7. The van der Waals surface area contributed by atoms with Gasteiger partial charge in [0, 0.05) is 33.4 Å². The van der Waals surface area contributed by atoms with E-state index in [-0.39, 0.29) is 89.5 Å². The number of carbonyl (C=O) groups excluding carboxylic acids is 19. The van der Waals surface area contributed by atoms with E-state index in [0.29, 0.717) is 40.5 Å². The molecule has 29 nitrogen and oxygen atoms in total. The summed E-state index contributed by atoms with van der Waals surface area (Å²) in [5, 5.41) is 2.12. The van der Waals surface area contributed by atoms with E-state index in [9.17, 15) is 91.1 Å². The molecule has 480 valence electrons. The lowest BCUT2D eigenvalue weighted by Crippen LogP contribution is -2.30. The minimum absolute atomic E-state index is 0.0154. The number of esters is 18. The number of benzene rings is 7. The second-order valence-electron chi connectivity index (χ2n) is 21.1. The second-order valence-corrected chi connectivity index (χ2v) is 22.0. The fourth-order valence-corrected chi connectivity index (χ4v) is 10.1. The molecule has 9 aliphatic heterocycles. The summed E-state index contributed by atoms with van der Waals surface area (Å²) >= 11 is 2.81. The first-order valence-corrected chi connectivity index (χ1v) is 28.2. The molecule has 0 radical (unpaired) electrons. The van der Waals surface area contributed by atoms with Crippen molar-refractivity contribution < 1.29 is 138 Å². The van der Waals surface area contributed by atoms with Gasteiger partial charge in [0.2, 0.25) is 0 Å². The van der Waals surface area contributed by atoms with E-state index in [2.05, 4.69) is 63.3 Å². The highest BCUT2D eigenvalue weighted by Gasteiger charge is 2.38. The van der Waals surface area contributed by atoms with Crippen LogP contribution in [0.3, 0.4) is 0 Å². The van der Waals surface area contributed by atoms with Gasteiger partial charge < -0.3 is 47.4 Å². The average Bonchev–Trinajstić information content (AvgIpc) is 0.947. The van der Waals surface area contributed by atoms with Gasteiger partial charge >= 0.3 is 107 Å². The van der Waals surface area contributed by atoms with Crippen LogP contribution in [0.2, 0.25) is 0 Å². The topological polar surface area (TPSA) is 417 Å². The van der Waals surface area contributed by atoms with Crippen LogP contribution >= 0.6 is 15.9 Å². The van der Waals surface area contributed by atoms with E-state index in [0.717, 1.165) is 11.5 Å². The minimum atomic E-state index is -0.812. The zero-order valence-electron chi connectivity index (χ0n) is 48.7. The average molecular weight is 1370 g/mol. The summed E-state index contributed by atoms with van der Waals surface area (Å²) in [7, 11) is 0. The SMILES string of the molecule is CC1(C)CC(=O)OC(=O)C1.O=C(c1ccc2c(c1)C(=O)OC2=O)c1ccc2c(c1)C(=O)OC2=O.O=C1C=C(Br)C(=O)O1.O=C1COCC(=O)O1.O=C1OC(=O)c2ccc3c4c(ccc1c24)C(=O)OC3=O.O=C1OC(=O)c2cccc3cccc1c23.O=C1OC(=O)c2ccccc21. The first kappa shape index (κ1) is 66.1. The molecular formula is C66H35BrO29. The zero-order valence-corrected chi connectivity index (χ0v) is 50.3. The number of fused-ring (bicyclic) bond motifs is 3. The molecule has 0 atom stereocenters. The Labute approximate surface area is 542 Å². The van der Waals surface area contributed by atoms with Crippen molar-refractivity contribution in [1.82, 2.24) is 0 Å². The third-order valence-corrected chi connectivity index (χ3v) is 14.6. The van der Waals surface area contributed by atoms with Crippen LogP contribution < -0.4 is 0 Å². The smallest absolute Gasteiger partial charge is 0.353 e. The van der Waals surface area contributed by atoms with Gasteiger partial charge in [-0.25, -0.2) is 76.7 Å². The first-order valence-electron chi connectivity index (χ1n) is 27.4. The lowest BCUT2D eigenvalue weighted by Gasteiger charge is -2.25. The van der Waals surface area contributed by atoms with Gasteiger partial charge in [-0.15, -0.1) is 0 Å². The highest BCUT2D eigenvalue weighted by atomic mass is 79.9. The molecule has 16 rings (SSSR count). The Morgan fingerprint density at radius 2 is 0.625 bits per heavy atom. The number of ether oxygens (including phenoxy) is 10. The van der Waals surface area contributed by atoms with Crippen molar-refractivity contribution in [3.05, 3.63) is 210 Å². The van der Waals surface area contributed by atoms with Crippen LogP contribution in [-0.4, -0.2) is 126 Å². The molecule has 2 fully saturated rings. The third kappa shape index (κ3) is 13.8. The predicted molar refractivity (Wildman–Crippen MR) is 313 cm³/mol. The molecule has 0 bridgehead atoms. The Hall–Kier alpha value is -12.8. The number of rotatable bonds is 2. The highest BCUT2D eigenvalue weighted by Crippen LogP contribution is 2.37. The van der Waals surface area contributed by atoms with Crippen molar-refractivity contribution in [2.45, 2.75) is 26.7 Å². The van der Waals surface area contributed by atoms with Crippen molar-refractivity contribution in [2.24, 2.45) is 5.41 Å². The largest absolute Gasteiger partial charge is 0.393 e. The maximum Gasteiger partial charge on any atom is 0.353 e. The molecule has 9 heterocycles. The Balaban J connectivity index is 0.000000127. The number of halogens is 1.